The molecule has 21 heavy (non-hydrogen) atoms. The van der Waals surface area contributed by atoms with Crippen LogP contribution >= 0.6 is 11.6 Å². The molecule has 1 unspecified atom stereocenters. The van der Waals surface area contributed by atoms with Crippen LogP contribution in [0.25, 0.3) is 0 Å². The van der Waals surface area contributed by atoms with Crippen molar-refractivity contribution in [2.45, 2.75) is 32.2 Å². The van der Waals surface area contributed by atoms with Crippen molar-refractivity contribution in [2.24, 2.45) is 0 Å². The van der Waals surface area contributed by atoms with E-state index in [1.165, 1.54) is 12.8 Å². The van der Waals surface area contributed by atoms with Crippen molar-refractivity contribution in [2.75, 3.05) is 38.8 Å². The third-order valence-corrected chi connectivity index (χ3v) is 4.19. The van der Waals surface area contributed by atoms with E-state index in [0.29, 0.717) is 16.8 Å². The maximum Gasteiger partial charge on any atom is 0.143 e. The zero-order chi connectivity index (χ0) is 15.2. The van der Waals surface area contributed by atoms with Gasteiger partial charge in [0.15, 0.2) is 0 Å². The number of ether oxygens (including phenoxy) is 2. The Morgan fingerprint density at radius 3 is 2.71 bits per heavy atom. The van der Waals surface area contributed by atoms with Gasteiger partial charge in [0.1, 0.15) is 11.5 Å². The standard InChI is InChI=1S/C16H25ClN2O2/c1-4-7-18-12-6-5-8-19(11-12)14-10-15(20-2)13(17)9-16(14)21-3/h9-10,12,18H,4-8,11H2,1-3H3. The summed E-state index contributed by atoms with van der Waals surface area (Å²) in [4.78, 5) is 2.36. The Labute approximate surface area is 132 Å². The molecule has 0 aliphatic carbocycles. The van der Waals surface area contributed by atoms with Crippen molar-refractivity contribution >= 4 is 17.3 Å². The largest absolute Gasteiger partial charge is 0.495 e. The van der Waals surface area contributed by atoms with Gasteiger partial charge in [-0.3, -0.25) is 0 Å². The van der Waals surface area contributed by atoms with Crippen LogP contribution in [-0.4, -0.2) is 39.9 Å². The molecule has 0 bridgehead atoms. The lowest BCUT2D eigenvalue weighted by atomic mass is 10.0. The van der Waals surface area contributed by atoms with Crippen molar-refractivity contribution in [1.82, 2.24) is 5.32 Å². The number of hydrogen-bond acceptors (Lipinski definition) is 4. The van der Waals surface area contributed by atoms with Gasteiger partial charge in [-0.1, -0.05) is 18.5 Å². The molecule has 0 aromatic heterocycles. The van der Waals surface area contributed by atoms with E-state index >= 15 is 0 Å². The maximum absolute atomic E-state index is 6.18. The molecule has 1 atom stereocenters. The quantitative estimate of drug-likeness (QED) is 0.873. The molecule has 1 saturated heterocycles. The minimum atomic E-state index is 0.532. The van der Waals surface area contributed by atoms with E-state index in [0.717, 1.165) is 37.5 Å². The highest BCUT2D eigenvalue weighted by Gasteiger charge is 2.23. The summed E-state index contributed by atoms with van der Waals surface area (Å²) in [6.45, 7) is 5.28. The Morgan fingerprint density at radius 2 is 2.05 bits per heavy atom. The highest BCUT2D eigenvalue weighted by Crippen LogP contribution is 2.38. The third kappa shape index (κ3) is 3.95. The van der Waals surface area contributed by atoms with Gasteiger partial charge in [-0.05, 0) is 25.8 Å². The predicted molar refractivity (Wildman–Crippen MR) is 88.1 cm³/mol. The number of benzene rings is 1. The van der Waals surface area contributed by atoms with Crippen molar-refractivity contribution in [3.63, 3.8) is 0 Å². The van der Waals surface area contributed by atoms with Gasteiger partial charge < -0.3 is 19.7 Å². The summed E-state index contributed by atoms with van der Waals surface area (Å²) in [6, 6.07) is 4.34. The van der Waals surface area contributed by atoms with Crippen molar-refractivity contribution in [3.8, 4) is 11.5 Å². The summed E-state index contributed by atoms with van der Waals surface area (Å²) >= 11 is 6.18. The Bertz CT molecular complexity index is 468. The molecular formula is C16H25ClN2O2. The summed E-state index contributed by atoms with van der Waals surface area (Å²) in [5, 5.41) is 4.19. The molecule has 0 spiro atoms. The highest BCUT2D eigenvalue weighted by atomic mass is 35.5. The molecule has 0 radical (unpaired) electrons. The van der Waals surface area contributed by atoms with Gasteiger partial charge in [-0.15, -0.1) is 0 Å². The van der Waals surface area contributed by atoms with Crippen LogP contribution in [0.4, 0.5) is 5.69 Å². The minimum absolute atomic E-state index is 0.532. The first-order valence-electron chi connectivity index (χ1n) is 7.59. The molecule has 0 saturated carbocycles. The normalized spacial score (nSPS) is 18.7. The predicted octanol–water partition coefficient (Wildman–Crippen LogP) is 3.33. The third-order valence-electron chi connectivity index (χ3n) is 3.90. The molecule has 5 heteroatoms. The second-order valence-electron chi connectivity index (χ2n) is 5.40. The van der Waals surface area contributed by atoms with E-state index in [-0.39, 0.29) is 0 Å². The van der Waals surface area contributed by atoms with Crippen LogP contribution in [0.2, 0.25) is 5.02 Å². The molecule has 1 heterocycles. The average Bonchev–Trinajstić information content (AvgIpc) is 2.52. The van der Waals surface area contributed by atoms with Crippen molar-refractivity contribution < 1.29 is 9.47 Å². The number of nitrogens with zero attached hydrogens (tertiary/aromatic N) is 1. The fourth-order valence-electron chi connectivity index (χ4n) is 2.80. The molecule has 1 aliphatic rings. The van der Waals surface area contributed by atoms with Gasteiger partial charge in [0.05, 0.1) is 24.9 Å². The van der Waals surface area contributed by atoms with E-state index in [1.807, 2.05) is 12.1 Å². The molecular weight excluding hydrogens is 288 g/mol. The van der Waals surface area contributed by atoms with E-state index in [1.54, 1.807) is 14.2 Å². The topological polar surface area (TPSA) is 33.7 Å². The van der Waals surface area contributed by atoms with Gasteiger partial charge in [-0.25, -0.2) is 0 Å². The number of nitrogens with one attached hydrogen (secondary N) is 1. The van der Waals surface area contributed by atoms with Crippen LogP contribution in [-0.2, 0) is 0 Å². The Morgan fingerprint density at radius 1 is 1.29 bits per heavy atom. The zero-order valence-corrected chi connectivity index (χ0v) is 13.9. The minimum Gasteiger partial charge on any atom is -0.495 e. The van der Waals surface area contributed by atoms with E-state index in [9.17, 15) is 0 Å². The maximum atomic E-state index is 6.18. The van der Waals surface area contributed by atoms with Gasteiger partial charge in [-0.2, -0.15) is 0 Å². The average molecular weight is 313 g/mol. The number of methoxy groups -OCH3 is 2. The van der Waals surface area contributed by atoms with Gasteiger partial charge >= 0.3 is 0 Å². The fourth-order valence-corrected chi connectivity index (χ4v) is 3.03. The summed E-state index contributed by atoms with van der Waals surface area (Å²) in [7, 11) is 3.32. The molecule has 1 N–H and O–H groups in total. The van der Waals surface area contributed by atoms with Crippen LogP contribution in [0.3, 0.4) is 0 Å². The second-order valence-corrected chi connectivity index (χ2v) is 5.81. The van der Waals surface area contributed by atoms with Crippen molar-refractivity contribution in [1.29, 1.82) is 0 Å². The lowest BCUT2D eigenvalue weighted by Crippen LogP contribution is -2.46. The van der Waals surface area contributed by atoms with Crippen LogP contribution < -0.4 is 19.7 Å². The first-order valence-corrected chi connectivity index (χ1v) is 7.97. The van der Waals surface area contributed by atoms with Crippen molar-refractivity contribution in [3.05, 3.63) is 17.2 Å². The van der Waals surface area contributed by atoms with Gasteiger partial charge in [0, 0.05) is 31.3 Å². The van der Waals surface area contributed by atoms with E-state index in [2.05, 4.69) is 17.1 Å². The van der Waals surface area contributed by atoms with Crippen LogP contribution in [0, 0.1) is 0 Å². The molecule has 4 nitrogen and oxygen atoms in total. The van der Waals surface area contributed by atoms with Crippen LogP contribution in [0.5, 0.6) is 11.5 Å². The monoisotopic (exact) mass is 312 g/mol. The summed E-state index contributed by atoms with van der Waals surface area (Å²) in [6.07, 6.45) is 3.56. The molecule has 0 amide bonds. The Balaban J connectivity index is 2.19. The van der Waals surface area contributed by atoms with E-state index < -0.39 is 0 Å². The lowest BCUT2D eigenvalue weighted by Gasteiger charge is -2.35. The Kier molecular flexibility index (Phi) is 6.00. The number of hydrogen-bond donors (Lipinski definition) is 1. The molecule has 1 fully saturated rings. The molecule has 1 aromatic carbocycles. The summed E-state index contributed by atoms with van der Waals surface area (Å²) < 4.78 is 10.8. The summed E-state index contributed by atoms with van der Waals surface area (Å²) in [5.41, 5.74) is 1.06. The number of rotatable bonds is 6. The highest BCUT2D eigenvalue weighted by molar-refractivity contribution is 6.32. The van der Waals surface area contributed by atoms with E-state index in [4.69, 9.17) is 21.1 Å². The first-order chi connectivity index (χ1) is 10.2. The number of halogens is 1. The number of anilines is 1. The van der Waals surface area contributed by atoms with Gasteiger partial charge in [0.25, 0.3) is 0 Å². The SMILES string of the molecule is CCCNC1CCCN(c2cc(OC)c(Cl)cc2OC)C1. The number of piperidine rings is 1. The lowest BCUT2D eigenvalue weighted by molar-refractivity contribution is 0.393. The van der Waals surface area contributed by atoms with Crippen LogP contribution in [0.1, 0.15) is 26.2 Å². The zero-order valence-electron chi connectivity index (χ0n) is 13.1. The first kappa shape index (κ1) is 16.2. The molecule has 1 aromatic rings. The fraction of sp³-hybridized carbons (Fsp3) is 0.625. The second kappa shape index (κ2) is 7.76. The smallest absolute Gasteiger partial charge is 0.143 e. The molecule has 1 aliphatic heterocycles. The molecule has 2 rings (SSSR count). The summed E-state index contributed by atoms with van der Waals surface area (Å²) in [5.74, 6) is 1.49. The molecule has 118 valence electrons. The Hall–Kier alpha value is -1.13. The van der Waals surface area contributed by atoms with Gasteiger partial charge in [0.2, 0.25) is 0 Å². The van der Waals surface area contributed by atoms with Crippen LogP contribution in [0.15, 0.2) is 12.1 Å².